The second-order valence-electron chi connectivity index (χ2n) is 4.85. The second-order valence-corrected chi connectivity index (χ2v) is 6.55. The number of hydrogen-bond acceptors (Lipinski definition) is 2. The van der Waals surface area contributed by atoms with Gasteiger partial charge in [0.1, 0.15) is 5.75 Å². The molecular formula is C16H14BrCl2NO2. The minimum absolute atomic E-state index is 0.121. The molecule has 0 saturated heterocycles. The largest absolute Gasteiger partial charge is 0.483 e. The Labute approximate surface area is 147 Å². The average Bonchev–Trinajstić information content (AvgIpc) is 2.42. The van der Waals surface area contributed by atoms with Crippen molar-refractivity contribution >= 4 is 50.7 Å². The zero-order chi connectivity index (χ0) is 16.3. The van der Waals surface area contributed by atoms with Gasteiger partial charge in [0.15, 0.2) is 6.61 Å². The molecule has 0 saturated carbocycles. The standard InChI is InChI=1S/C16H14BrCl2NO2/c1-9-5-10(2)16(13(19)6-9)20-15(21)8-22-14-4-3-11(18)7-12(14)17/h3-7H,8H2,1-2H3,(H,20,21). The lowest BCUT2D eigenvalue weighted by molar-refractivity contribution is -0.118. The summed E-state index contributed by atoms with van der Waals surface area (Å²) in [5, 5.41) is 3.87. The highest BCUT2D eigenvalue weighted by atomic mass is 79.9. The molecule has 0 aliphatic heterocycles. The molecule has 22 heavy (non-hydrogen) atoms. The zero-order valence-electron chi connectivity index (χ0n) is 12.0. The number of benzene rings is 2. The van der Waals surface area contributed by atoms with Crippen molar-refractivity contribution in [3.05, 3.63) is 56.0 Å². The van der Waals surface area contributed by atoms with Crippen LogP contribution in [0.4, 0.5) is 5.69 Å². The molecular weight excluding hydrogens is 389 g/mol. The van der Waals surface area contributed by atoms with Gasteiger partial charge in [0, 0.05) is 5.02 Å². The minimum atomic E-state index is -0.282. The number of rotatable bonds is 4. The van der Waals surface area contributed by atoms with Gasteiger partial charge in [-0.15, -0.1) is 0 Å². The van der Waals surface area contributed by atoms with Gasteiger partial charge in [-0.05, 0) is 65.2 Å². The van der Waals surface area contributed by atoms with Gasteiger partial charge >= 0.3 is 0 Å². The maximum Gasteiger partial charge on any atom is 0.262 e. The Morgan fingerprint density at radius 2 is 1.95 bits per heavy atom. The van der Waals surface area contributed by atoms with E-state index < -0.39 is 0 Å². The number of ether oxygens (including phenoxy) is 1. The molecule has 0 aromatic heterocycles. The highest BCUT2D eigenvalue weighted by molar-refractivity contribution is 9.10. The van der Waals surface area contributed by atoms with Crippen LogP contribution < -0.4 is 10.1 Å². The van der Waals surface area contributed by atoms with E-state index in [1.54, 1.807) is 24.3 Å². The maximum atomic E-state index is 12.0. The summed E-state index contributed by atoms with van der Waals surface area (Å²) in [5.74, 6) is 0.266. The number of carbonyl (C=O) groups is 1. The Bertz CT molecular complexity index is 696. The Hall–Kier alpha value is -1.23. The lowest BCUT2D eigenvalue weighted by Crippen LogP contribution is -2.21. The Morgan fingerprint density at radius 1 is 1.23 bits per heavy atom. The van der Waals surface area contributed by atoms with Crippen LogP contribution in [0.2, 0.25) is 10.0 Å². The van der Waals surface area contributed by atoms with Crippen molar-refractivity contribution in [2.45, 2.75) is 13.8 Å². The summed E-state index contributed by atoms with van der Waals surface area (Å²) in [6.45, 7) is 3.72. The van der Waals surface area contributed by atoms with Gasteiger partial charge in [-0.1, -0.05) is 29.3 Å². The number of hydrogen-bond donors (Lipinski definition) is 1. The summed E-state index contributed by atoms with van der Waals surface area (Å²) in [7, 11) is 0. The number of amides is 1. The molecule has 2 aromatic rings. The van der Waals surface area contributed by atoms with Gasteiger partial charge in [-0.3, -0.25) is 4.79 Å². The number of nitrogens with one attached hydrogen (secondary N) is 1. The lowest BCUT2D eigenvalue weighted by atomic mass is 10.1. The van der Waals surface area contributed by atoms with Gasteiger partial charge in [-0.25, -0.2) is 0 Å². The highest BCUT2D eigenvalue weighted by Gasteiger charge is 2.11. The third-order valence-corrected chi connectivity index (χ3v) is 4.10. The third kappa shape index (κ3) is 4.38. The number of aryl methyl sites for hydroxylation is 2. The van der Waals surface area contributed by atoms with E-state index in [-0.39, 0.29) is 12.5 Å². The van der Waals surface area contributed by atoms with Crippen molar-refractivity contribution in [3.8, 4) is 5.75 Å². The summed E-state index contributed by atoms with van der Waals surface area (Å²) >= 11 is 15.3. The topological polar surface area (TPSA) is 38.3 Å². The minimum Gasteiger partial charge on any atom is -0.483 e. The molecule has 3 nitrogen and oxygen atoms in total. The van der Waals surface area contributed by atoms with Gasteiger partial charge < -0.3 is 10.1 Å². The summed E-state index contributed by atoms with van der Waals surface area (Å²) in [4.78, 5) is 12.0. The molecule has 0 bridgehead atoms. The van der Waals surface area contributed by atoms with Gasteiger partial charge in [0.2, 0.25) is 0 Å². The predicted octanol–water partition coefficient (Wildman–Crippen LogP) is 5.39. The summed E-state index contributed by atoms with van der Waals surface area (Å²) in [6, 6.07) is 8.86. The zero-order valence-corrected chi connectivity index (χ0v) is 15.1. The molecule has 1 amide bonds. The number of carbonyl (C=O) groups excluding carboxylic acids is 1. The first-order valence-corrected chi connectivity index (χ1v) is 8.06. The molecule has 0 heterocycles. The molecule has 0 radical (unpaired) electrons. The predicted molar refractivity (Wildman–Crippen MR) is 94.2 cm³/mol. The van der Waals surface area contributed by atoms with Crippen LogP contribution in [0.25, 0.3) is 0 Å². The SMILES string of the molecule is Cc1cc(C)c(NC(=O)COc2ccc(Cl)cc2Br)c(Cl)c1. The fourth-order valence-electron chi connectivity index (χ4n) is 1.99. The third-order valence-electron chi connectivity index (χ3n) is 2.95. The van der Waals surface area contributed by atoms with Gasteiger partial charge in [0.25, 0.3) is 5.91 Å². The fraction of sp³-hybridized carbons (Fsp3) is 0.188. The van der Waals surface area contributed by atoms with Crippen molar-refractivity contribution in [1.29, 1.82) is 0 Å². The van der Waals surface area contributed by atoms with Gasteiger partial charge in [0.05, 0.1) is 15.2 Å². The van der Waals surface area contributed by atoms with Crippen molar-refractivity contribution in [3.63, 3.8) is 0 Å². The molecule has 0 fully saturated rings. The molecule has 1 N–H and O–H groups in total. The van der Waals surface area contributed by atoms with Crippen molar-refractivity contribution in [2.24, 2.45) is 0 Å². The van der Waals surface area contributed by atoms with E-state index in [9.17, 15) is 4.79 Å². The van der Waals surface area contributed by atoms with Crippen LogP contribution in [-0.4, -0.2) is 12.5 Å². The second kappa shape index (κ2) is 7.36. The first-order chi connectivity index (χ1) is 10.4. The fourth-order valence-corrected chi connectivity index (χ4v) is 3.15. The molecule has 2 rings (SSSR count). The van der Waals surface area contributed by atoms with Crippen molar-refractivity contribution in [1.82, 2.24) is 0 Å². The van der Waals surface area contributed by atoms with E-state index >= 15 is 0 Å². The average molecular weight is 403 g/mol. The number of halogens is 3. The van der Waals surface area contributed by atoms with E-state index in [4.69, 9.17) is 27.9 Å². The van der Waals surface area contributed by atoms with E-state index in [0.717, 1.165) is 11.1 Å². The Morgan fingerprint density at radius 3 is 2.59 bits per heavy atom. The smallest absolute Gasteiger partial charge is 0.262 e. The molecule has 0 unspecified atom stereocenters. The lowest BCUT2D eigenvalue weighted by Gasteiger charge is -2.12. The van der Waals surface area contributed by atoms with E-state index in [1.165, 1.54) is 0 Å². The Balaban J connectivity index is 2.02. The van der Waals surface area contributed by atoms with E-state index in [1.807, 2.05) is 19.9 Å². The first kappa shape index (κ1) is 17.1. The molecule has 0 atom stereocenters. The molecule has 0 aliphatic rings. The molecule has 0 aliphatic carbocycles. The molecule has 0 spiro atoms. The molecule has 2 aromatic carbocycles. The summed E-state index contributed by atoms with van der Waals surface area (Å²) < 4.78 is 6.16. The van der Waals surface area contributed by atoms with Crippen LogP contribution in [-0.2, 0) is 4.79 Å². The van der Waals surface area contributed by atoms with Crippen molar-refractivity contribution in [2.75, 3.05) is 11.9 Å². The number of anilines is 1. The van der Waals surface area contributed by atoms with Crippen LogP contribution in [0, 0.1) is 13.8 Å². The van der Waals surface area contributed by atoms with E-state index in [0.29, 0.717) is 26.0 Å². The van der Waals surface area contributed by atoms with Crippen LogP contribution in [0.1, 0.15) is 11.1 Å². The Kier molecular flexibility index (Phi) is 5.73. The molecule has 116 valence electrons. The van der Waals surface area contributed by atoms with E-state index in [2.05, 4.69) is 21.2 Å². The first-order valence-electron chi connectivity index (χ1n) is 6.51. The van der Waals surface area contributed by atoms with Crippen LogP contribution in [0.3, 0.4) is 0 Å². The maximum absolute atomic E-state index is 12.0. The van der Waals surface area contributed by atoms with Crippen LogP contribution in [0.5, 0.6) is 5.75 Å². The quantitative estimate of drug-likeness (QED) is 0.744. The van der Waals surface area contributed by atoms with Crippen molar-refractivity contribution < 1.29 is 9.53 Å². The highest BCUT2D eigenvalue weighted by Crippen LogP contribution is 2.29. The monoisotopic (exact) mass is 401 g/mol. The van der Waals surface area contributed by atoms with Crippen LogP contribution in [0.15, 0.2) is 34.8 Å². The van der Waals surface area contributed by atoms with Crippen LogP contribution >= 0.6 is 39.1 Å². The normalized spacial score (nSPS) is 10.4. The summed E-state index contributed by atoms with van der Waals surface area (Å²) in [5.41, 5.74) is 2.56. The molecule has 6 heteroatoms. The summed E-state index contributed by atoms with van der Waals surface area (Å²) in [6.07, 6.45) is 0. The van der Waals surface area contributed by atoms with Gasteiger partial charge in [-0.2, -0.15) is 0 Å².